The van der Waals surface area contributed by atoms with Crippen molar-refractivity contribution in [2.75, 3.05) is 26.5 Å². The molecule has 1 aromatic rings. The molecule has 0 amide bonds. The summed E-state index contributed by atoms with van der Waals surface area (Å²) in [4.78, 5) is -0.0602. The van der Waals surface area contributed by atoms with Crippen LogP contribution in [0, 0.1) is 5.82 Å². The molecule has 0 spiro atoms. The Bertz CT molecular complexity index is 457. The van der Waals surface area contributed by atoms with Gasteiger partial charge in [0, 0.05) is 21.1 Å². The minimum Gasteiger partial charge on any atom is -0.387 e. The summed E-state index contributed by atoms with van der Waals surface area (Å²) < 4.78 is 37.6. The van der Waals surface area contributed by atoms with E-state index >= 15 is 0 Å². The molecule has 1 rings (SSSR count). The van der Waals surface area contributed by atoms with Gasteiger partial charge in [0.25, 0.3) is 0 Å². The normalized spacial score (nSPS) is 11.8. The highest BCUT2D eigenvalue weighted by Gasteiger charge is 2.21. The quantitative estimate of drug-likeness (QED) is 0.849. The van der Waals surface area contributed by atoms with E-state index in [1.165, 1.54) is 26.2 Å². The molecule has 0 aliphatic heterocycles. The highest BCUT2D eigenvalue weighted by atomic mass is 32.2. The smallest absolute Gasteiger partial charge is 0.244 e. The van der Waals surface area contributed by atoms with Gasteiger partial charge >= 0.3 is 0 Å². The van der Waals surface area contributed by atoms with Crippen molar-refractivity contribution in [1.29, 1.82) is 0 Å². The lowest BCUT2D eigenvalue weighted by atomic mass is 10.3. The lowest BCUT2D eigenvalue weighted by molar-refractivity contribution is 0.519. The first-order valence-electron chi connectivity index (χ1n) is 4.29. The number of hydrogen-bond acceptors (Lipinski definition) is 3. The third-order valence-electron chi connectivity index (χ3n) is 1.97. The van der Waals surface area contributed by atoms with Crippen LogP contribution < -0.4 is 5.32 Å². The Kier molecular flexibility index (Phi) is 3.31. The molecular weight excluding hydrogens is 219 g/mol. The molecule has 4 nitrogen and oxygen atoms in total. The van der Waals surface area contributed by atoms with Crippen LogP contribution in [0.15, 0.2) is 23.1 Å². The molecule has 0 bridgehead atoms. The summed E-state index contributed by atoms with van der Waals surface area (Å²) in [6, 6.07) is 3.60. The molecule has 0 saturated carbocycles. The van der Waals surface area contributed by atoms with Crippen molar-refractivity contribution in [3.05, 3.63) is 24.0 Å². The van der Waals surface area contributed by atoms with Crippen molar-refractivity contribution in [2.45, 2.75) is 4.90 Å². The van der Waals surface area contributed by atoms with Crippen LogP contribution >= 0.6 is 0 Å². The molecule has 84 valence electrons. The van der Waals surface area contributed by atoms with Crippen molar-refractivity contribution in [1.82, 2.24) is 4.31 Å². The number of benzene rings is 1. The van der Waals surface area contributed by atoms with Gasteiger partial charge in [0.2, 0.25) is 10.0 Å². The van der Waals surface area contributed by atoms with Crippen molar-refractivity contribution in [3.8, 4) is 0 Å². The highest BCUT2D eigenvalue weighted by Crippen LogP contribution is 2.23. The van der Waals surface area contributed by atoms with Gasteiger partial charge in [0.05, 0.1) is 5.69 Å². The molecule has 6 heteroatoms. The molecule has 0 saturated heterocycles. The van der Waals surface area contributed by atoms with Crippen molar-refractivity contribution >= 4 is 15.7 Å². The number of sulfonamides is 1. The first-order chi connectivity index (χ1) is 6.89. The fourth-order valence-electron chi connectivity index (χ4n) is 1.11. The number of nitrogens with one attached hydrogen (secondary N) is 1. The lowest BCUT2D eigenvalue weighted by Crippen LogP contribution is -2.23. The fraction of sp³-hybridized carbons (Fsp3) is 0.333. The Morgan fingerprint density at radius 2 is 1.93 bits per heavy atom. The van der Waals surface area contributed by atoms with E-state index in [2.05, 4.69) is 5.32 Å². The minimum absolute atomic E-state index is 0.0602. The zero-order valence-corrected chi connectivity index (χ0v) is 9.60. The molecule has 15 heavy (non-hydrogen) atoms. The van der Waals surface area contributed by atoms with Crippen LogP contribution in [0.5, 0.6) is 0 Å². The van der Waals surface area contributed by atoms with Gasteiger partial charge < -0.3 is 5.32 Å². The second kappa shape index (κ2) is 4.16. The Morgan fingerprint density at radius 1 is 1.33 bits per heavy atom. The van der Waals surface area contributed by atoms with Crippen molar-refractivity contribution < 1.29 is 12.8 Å². The van der Waals surface area contributed by atoms with E-state index < -0.39 is 15.8 Å². The van der Waals surface area contributed by atoms with Gasteiger partial charge in [-0.3, -0.25) is 0 Å². The maximum atomic E-state index is 13.0. The van der Waals surface area contributed by atoms with Gasteiger partial charge in [0.1, 0.15) is 10.7 Å². The Labute approximate surface area is 88.8 Å². The maximum Gasteiger partial charge on any atom is 0.244 e. The molecule has 1 N–H and O–H groups in total. The van der Waals surface area contributed by atoms with E-state index in [1.807, 2.05) is 0 Å². The number of hydrogen-bond donors (Lipinski definition) is 1. The standard InChI is InChI=1S/C9H13FN2O2S/c1-11-8-5-4-7(10)6-9(8)15(13,14)12(2)3/h4-6,11H,1-3H3. The molecule has 0 unspecified atom stereocenters. The van der Waals surface area contributed by atoms with Gasteiger partial charge in [-0.15, -0.1) is 0 Å². The van der Waals surface area contributed by atoms with Gasteiger partial charge in [-0.1, -0.05) is 0 Å². The summed E-state index contributed by atoms with van der Waals surface area (Å²) in [5, 5.41) is 2.71. The zero-order valence-electron chi connectivity index (χ0n) is 8.78. The molecule has 0 aliphatic rings. The summed E-state index contributed by atoms with van der Waals surface area (Å²) in [5.41, 5.74) is 0.380. The average molecular weight is 232 g/mol. The summed E-state index contributed by atoms with van der Waals surface area (Å²) >= 11 is 0. The molecule has 0 atom stereocenters. The number of anilines is 1. The van der Waals surface area contributed by atoms with Gasteiger partial charge in [-0.05, 0) is 18.2 Å². The second-order valence-electron chi connectivity index (χ2n) is 3.18. The van der Waals surface area contributed by atoms with Crippen LogP contribution in [0.3, 0.4) is 0 Å². The SMILES string of the molecule is CNc1ccc(F)cc1S(=O)(=O)N(C)C. The number of nitrogens with zero attached hydrogens (tertiary/aromatic N) is 1. The summed E-state index contributed by atoms with van der Waals surface area (Å²) in [7, 11) is 0.779. The van der Waals surface area contributed by atoms with E-state index in [4.69, 9.17) is 0 Å². The molecule has 0 aromatic heterocycles. The van der Waals surface area contributed by atoms with Crippen LogP contribution in [-0.2, 0) is 10.0 Å². The first kappa shape index (κ1) is 11.9. The Morgan fingerprint density at radius 3 is 2.40 bits per heavy atom. The van der Waals surface area contributed by atoms with E-state index in [0.717, 1.165) is 10.4 Å². The summed E-state index contributed by atoms with van der Waals surface area (Å²) in [5.74, 6) is -0.575. The first-order valence-corrected chi connectivity index (χ1v) is 5.73. The van der Waals surface area contributed by atoms with E-state index in [9.17, 15) is 12.8 Å². The zero-order chi connectivity index (χ0) is 11.6. The summed E-state index contributed by atoms with van der Waals surface area (Å²) in [6.07, 6.45) is 0. The minimum atomic E-state index is -3.61. The molecule has 0 fully saturated rings. The molecule has 1 aromatic carbocycles. The van der Waals surface area contributed by atoms with E-state index in [0.29, 0.717) is 5.69 Å². The highest BCUT2D eigenvalue weighted by molar-refractivity contribution is 7.89. The van der Waals surface area contributed by atoms with Crippen LogP contribution in [0.2, 0.25) is 0 Å². The molecule has 0 radical (unpaired) electrons. The van der Waals surface area contributed by atoms with Crippen LogP contribution in [0.1, 0.15) is 0 Å². The van der Waals surface area contributed by atoms with Crippen LogP contribution in [0.4, 0.5) is 10.1 Å². The predicted octanol–water partition coefficient (Wildman–Crippen LogP) is 1.12. The van der Waals surface area contributed by atoms with Gasteiger partial charge in [0.15, 0.2) is 0 Å². The number of rotatable bonds is 3. The topological polar surface area (TPSA) is 49.4 Å². The van der Waals surface area contributed by atoms with Crippen molar-refractivity contribution in [3.63, 3.8) is 0 Å². The Balaban J connectivity index is 3.42. The molecule has 0 aliphatic carbocycles. The van der Waals surface area contributed by atoms with Crippen molar-refractivity contribution in [2.24, 2.45) is 0 Å². The van der Waals surface area contributed by atoms with Gasteiger partial charge in [-0.25, -0.2) is 17.1 Å². The monoisotopic (exact) mass is 232 g/mol. The summed E-state index contributed by atoms with van der Waals surface area (Å²) in [6.45, 7) is 0. The predicted molar refractivity (Wildman–Crippen MR) is 56.8 cm³/mol. The van der Waals surface area contributed by atoms with E-state index in [1.54, 1.807) is 7.05 Å². The molecule has 0 heterocycles. The second-order valence-corrected chi connectivity index (χ2v) is 5.30. The third-order valence-corrected chi connectivity index (χ3v) is 3.83. The molecular formula is C9H13FN2O2S. The largest absolute Gasteiger partial charge is 0.387 e. The van der Waals surface area contributed by atoms with Crippen LogP contribution in [0.25, 0.3) is 0 Å². The Hall–Kier alpha value is -1.14. The van der Waals surface area contributed by atoms with Crippen LogP contribution in [-0.4, -0.2) is 33.9 Å². The lowest BCUT2D eigenvalue weighted by Gasteiger charge is -2.14. The maximum absolute atomic E-state index is 13.0. The third kappa shape index (κ3) is 2.27. The number of halogens is 1. The fourth-order valence-corrected chi connectivity index (χ4v) is 2.22. The van der Waals surface area contributed by atoms with Gasteiger partial charge in [-0.2, -0.15) is 0 Å². The average Bonchev–Trinajstić information content (AvgIpc) is 2.17. The van der Waals surface area contributed by atoms with E-state index in [-0.39, 0.29) is 4.90 Å².